The van der Waals surface area contributed by atoms with Crippen molar-refractivity contribution >= 4 is 11.9 Å². The van der Waals surface area contributed by atoms with Crippen LogP contribution in [0, 0.1) is 19.8 Å². The van der Waals surface area contributed by atoms with Crippen molar-refractivity contribution in [2.75, 3.05) is 6.61 Å². The molecule has 1 heterocycles. The standard InChI is InChI=1S/C24H27NO5/c1-5-30-24(29)19-20(17-10-6-14(2)7-11-17)25(16(4)26)21(23(19)28)22(27)18-12-8-15(3)9-13-18/h6-13,19-20,22,27-28H,5H2,1-4H3. The quantitative estimate of drug-likeness (QED) is 0.732. The van der Waals surface area contributed by atoms with Gasteiger partial charge < -0.3 is 19.8 Å². The van der Waals surface area contributed by atoms with Gasteiger partial charge in [0.1, 0.15) is 17.8 Å². The summed E-state index contributed by atoms with van der Waals surface area (Å²) < 4.78 is 5.20. The Morgan fingerprint density at radius 3 is 2.07 bits per heavy atom. The van der Waals surface area contributed by atoms with E-state index in [0.29, 0.717) is 11.1 Å². The van der Waals surface area contributed by atoms with Crippen LogP contribution in [0.15, 0.2) is 60.0 Å². The number of rotatable bonds is 5. The van der Waals surface area contributed by atoms with Crippen molar-refractivity contribution in [2.24, 2.45) is 5.92 Å². The number of hydrogen-bond acceptors (Lipinski definition) is 5. The third kappa shape index (κ3) is 3.96. The topological polar surface area (TPSA) is 87.1 Å². The molecule has 0 aliphatic carbocycles. The van der Waals surface area contributed by atoms with Crippen LogP contribution in [0.4, 0.5) is 0 Å². The molecule has 3 unspecified atom stereocenters. The predicted molar refractivity (Wildman–Crippen MR) is 112 cm³/mol. The fraction of sp³-hybridized carbons (Fsp3) is 0.333. The van der Waals surface area contributed by atoms with Crippen LogP contribution < -0.4 is 0 Å². The molecule has 6 heteroatoms. The lowest BCUT2D eigenvalue weighted by atomic mass is 9.92. The summed E-state index contributed by atoms with van der Waals surface area (Å²) in [6.07, 6.45) is -1.28. The molecule has 2 aromatic carbocycles. The minimum Gasteiger partial charge on any atom is -0.509 e. The molecule has 3 atom stereocenters. The summed E-state index contributed by atoms with van der Waals surface area (Å²) in [5.41, 5.74) is 3.24. The summed E-state index contributed by atoms with van der Waals surface area (Å²) in [5.74, 6) is -2.49. The molecule has 0 spiro atoms. The molecule has 0 saturated carbocycles. The van der Waals surface area contributed by atoms with Crippen molar-refractivity contribution in [3.05, 3.63) is 82.2 Å². The zero-order chi connectivity index (χ0) is 22.0. The number of carbonyl (C=O) groups is 2. The first-order valence-corrected chi connectivity index (χ1v) is 9.96. The Kier molecular flexibility index (Phi) is 6.27. The van der Waals surface area contributed by atoms with Crippen molar-refractivity contribution in [1.82, 2.24) is 4.90 Å². The van der Waals surface area contributed by atoms with Gasteiger partial charge in [0.2, 0.25) is 5.91 Å². The fourth-order valence-electron chi connectivity index (χ4n) is 3.85. The van der Waals surface area contributed by atoms with Crippen molar-refractivity contribution in [1.29, 1.82) is 0 Å². The molecule has 158 valence electrons. The van der Waals surface area contributed by atoms with Gasteiger partial charge in [0.25, 0.3) is 0 Å². The summed E-state index contributed by atoms with van der Waals surface area (Å²) >= 11 is 0. The Bertz CT molecular complexity index is 962. The number of aliphatic hydroxyl groups excluding tert-OH is 2. The number of benzene rings is 2. The van der Waals surface area contributed by atoms with Gasteiger partial charge >= 0.3 is 5.97 Å². The molecule has 2 N–H and O–H groups in total. The van der Waals surface area contributed by atoms with Gasteiger partial charge in [0, 0.05) is 6.92 Å². The van der Waals surface area contributed by atoms with Gasteiger partial charge in [-0.05, 0) is 31.9 Å². The van der Waals surface area contributed by atoms with Crippen molar-refractivity contribution in [3.8, 4) is 0 Å². The maximum atomic E-state index is 12.8. The van der Waals surface area contributed by atoms with Gasteiger partial charge in [-0.15, -0.1) is 0 Å². The average molecular weight is 409 g/mol. The smallest absolute Gasteiger partial charge is 0.319 e. The second-order valence-electron chi connectivity index (χ2n) is 7.56. The number of hydrogen-bond donors (Lipinski definition) is 2. The second kappa shape index (κ2) is 8.71. The molecule has 1 aliphatic heterocycles. The number of carbonyl (C=O) groups excluding carboxylic acids is 2. The van der Waals surface area contributed by atoms with Crippen molar-refractivity contribution < 1.29 is 24.5 Å². The molecule has 1 amide bonds. The van der Waals surface area contributed by atoms with E-state index >= 15 is 0 Å². The van der Waals surface area contributed by atoms with E-state index in [4.69, 9.17) is 4.74 Å². The Hall–Kier alpha value is -3.12. The van der Waals surface area contributed by atoms with Crippen LogP contribution in [0.3, 0.4) is 0 Å². The lowest BCUT2D eigenvalue weighted by Crippen LogP contribution is -2.35. The zero-order valence-electron chi connectivity index (χ0n) is 17.6. The normalized spacial score (nSPS) is 19.7. The van der Waals surface area contributed by atoms with Gasteiger partial charge in [-0.25, -0.2) is 0 Å². The van der Waals surface area contributed by atoms with Crippen molar-refractivity contribution in [3.63, 3.8) is 0 Å². The number of aryl methyl sites for hydroxylation is 2. The van der Waals surface area contributed by atoms with E-state index in [1.54, 1.807) is 19.1 Å². The molecule has 2 aromatic rings. The predicted octanol–water partition coefficient (Wildman–Crippen LogP) is 3.89. The molecule has 0 aromatic heterocycles. The molecule has 0 fully saturated rings. The summed E-state index contributed by atoms with van der Waals surface area (Å²) in [6, 6.07) is 13.7. The Morgan fingerprint density at radius 1 is 1.03 bits per heavy atom. The number of amides is 1. The van der Waals surface area contributed by atoms with Crippen molar-refractivity contribution in [2.45, 2.75) is 39.8 Å². The molecule has 30 heavy (non-hydrogen) atoms. The highest BCUT2D eigenvalue weighted by molar-refractivity contribution is 5.83. The van der Waals surface area contributed by atoms with Gasteiger partial charge in [-0.2, -0.15) is 0 Å². The first kappa shape index (κ1) is 21.6. The maximum absolute atomic E-state index is 12.8. The van der Waals surface area contributed by atoms with E-state index < -0.39 is 24.0 Å². The first-order valence-electron chi connectivity index (χ1n) is 9.96. The molecule has 3 rings (SSSR count). The highest BCUT2D eigenvalue weighted by Gasteiger charge is 2.50. The van der Waals surface area contributed by atoms with Crippen LogP contribution in [-0.4, -0.2) is 33.6 Å². The molecule has 0 radical (unpaired) electrons. The van der Waals surface area contributed by atoms with E-state index in [1.165, 1.54) is 11.8 Å². The number of aliphatic hydroxyl groups is 2. The fourth-order valence-corrected chi connectivity index (χ4v) is 3.85. The van der Waals surface area contributed by atoms with Gasteiger partial charge in [0.15, 0.2) is 0 Å². The minimum atomic E-state index is -1.28. The zero-order valence-corrected chi connectivity index (χ0v) is 17.6. The molecule has 0 saturated heterocycles. The summed E-state index contributed by atoms with van der Waals surface area (Å²) in [5, 5.41) is 22.1. The third-order valence-corrected chi connectivity index (χ3v) is 5.36. The summed E-state index contributed by atoms with van der Waals surface area (Å²) in [7, 11) is 0. The molecular weight excluding hydrogens is 382 g/mol. The van der Waals surface area contributed by atoms with Gasteiger partial charge in [-0.1, -0.05) is 59.7 Å². The van der Waals surface area contributed by atoms with E-state index in [-0.39, 0.29) is 24.0 Å². The van der Waals surface area contributed by atoms with Crippen LogP contribution in [0.5, 0.6) is 0 Å². The number of esters is 1. The first-order chi connectivity index (χ1) is 14.3. The summed E-state index contributed by atoms with van der Waals surface area (Å²) in [4.78, 5) is 26.8. The molecule has 1 aliphatic rings. The largest absolute Gasteiger partial charge is 0.509 e. The number of ether oxygens (including phenoxy) is 1. The third-order valence-electron chi connectivity index (χ3n) is 5.36. The Balaban J connectivity index is 2.15. The lowest BCUT2D eigenvalue weighted by molar-refractivity contribution is -0.149. The Morgan fingerprint density at radius 2 is 1.57 bits per heavy atom. The van der Waals surface area contributed by atoms with Gasteiger partial charge in [0.05, 0.1) is 18.3 Å². The molecule has 0 bridgehead atoms. The maximum Gasteiger partial charge on any atom is 0.319 e. The van der Waals surface area contributed by atoms with E-state index in [1.807, 2.05) is 50.2 Å². The van der Waals surface area contributed by atoms with Crippen LogP contribution >= 0.6 is 0 Å². The van der Waals surface area contributed by atoms with Crippen LogP contribution in [0.2, 0.25) is 0 Å². The molecule has 6 nitrogen and oxygen atoms in total. The van der Waals surface area contributed by atoms with Gasteiger partial charge in [-0.3, -0.25) is 9.59 Å². The summed E-state index contributed by atoms with van der Waals surface area (Å²) in [6.45, 7) is 7.03. The average Bonchev–Trinajstić information content (AvgIpc) is 3.02. The van der Waals surface area contributed by atoms with Crippen LogP contribution in [0.1, 0.15) is 48.2 Å². The Labute approximate surface area is 176 Å². The SMILES string of the molecule is CCOC(=O)C1C(O)=C(C(O)c2ccc(C)cc2)N(C(C)=O)C1c1ccc(C)cc1. The minimum absolute atomic E-state index is 0.00924. The van der Waals surface area contributed by atoms with E-state index in [0.717, 1.165) is 11.1 Å². The number of nitrogens with zero attached hydrogens (tertiary/aromatic N) is 1. The second-order valence-corrected chi connectivity index (χ2v) is 7.56. The van der Waals surface area contributed by atoms with E-state index in [2.05, 4.69) is 0 Å². The van der Waals surface area contributed by atoms with E-state index in [9.17, 15) is 19.8 Å². The van der Waals surface area contributed by atoms with Crippen LogP contribution in [0.25, 0.3) is 0 Å². The van der Waals surface area contributed by atoms with Crippen LogP contribution in [-0.2, 0) is 14.3 Å². The highest BCUT2D eigenvalue weighted by Crippen LogP contribution is 2.47. The lowest BCUT2D eigenvalue weighted by Gasteiger charge is -2.30. The monoisotopic (exact) mass is 409 g/mol. The highest BCUT2D eigenvalue weighted by atomic mass is 16.5. The molecular formula is C24H27NO5.